The normalized spacial score (nSPS) is 16.1. The van der Waals surface area contributed by atoms with Crippen LogP contribution in [0.3, 0.4) is 0 Å². The molecule has 0 radical (unpaired) electrons. The number of fused-ring (bicyclic) bond motifs is 1. The van der Waals surface area contributed by atoms with E-state index < -0.39 is 5.97 Å². The van der Waals surface area contributed by atoms with E-state index >= 15 is 0 Å². The molecule has 0 spiro atoms. The summed E-state index contributed by atoms with van der Waals surface area (Å²) >= 11 is 8.52. The first-order valence-electron chi connectivity index (χ1n) is 8.13. The monoisotopic (exact) mass is 420 g/mol. The number of hydrogen-bond donors (Lipinski definition) is 1. The summed E-state index contributed by atoms with van der Waals surface area (Å²) in [5.74, 6) is -0.172. The zero-order valence-electron chi connectivity index (χ0n) is 13.9. The molecule has 4 heterocycles. The third-order valence-corrected chi connectivity index (χ3v) is 6.51. The zero-order chi connectivity index (χ0) is 19.0. The first-order valence-corrected chi connectivity index (χ1v) is 10.1. The van der Waals surface area contributed by atoms with Gasteiger partial charge >= 0.3 is 5.97 Å². The lowest BCUT2D eigenvalue weighted by Crippen LogP contribution is -2.53. The molecule has 4 rings (SSSR count). The highest BCUT2D eigenvalue weighted by atomic mass is 35.5. The van der Waals surface area contributed by atoms with E-state index in [1.807, 2.05) is 11.0 Å². The summed E-state index contributed by atoms with van der Waals surface area (Å²) < 4.78 is 9.41. The smallest absolute Gasteiger partial charge is 0.340 e. The van der Waals surface area contributed by atoms with Crippen molar-refractivity contribution < 1.29 is 14.3 Å². The molecule has 1 amide bonds. The Labute approximate surface area is 168 Å². The highest BCUT2D eigenvalue weighted by Crippen LogP contribution is 2.31. The maximum absolute atomic E-state index is 12.3. The Bertz CT molecular complexity index is 966. The maximum atomic E-state index is 12.3. The van der Waals surface area contributed by atoms with Crippen molar-refractivity contribution in [2.75, 3.05) is 24.6 Å². The largest absolute Gasteiger partial charge is 0.462 e. The Morgan fingerprint density at radius 1 is 1.48 bits per heavy atom. The number of pyridine rings is 1. The summed E-state index contributed by atoms with van der Waals surface area (Å²) in [4.78, 5) is 30.5. The fourth-order valence-corrected chi connectivity index (χ4v) is 4.88. The van der Waals surface area contributed by atoms with Gasteiger partial charge in [0.15, 0.2) is 0 Å². The van der Waals surface area contributed by atoms with E-state index in [-0.39, 0.29) is 11.8 Å². The van der Waals surface area contributed by atoms with Crippen LogP contribution in [-0.2, 0) is 16.0 Å². The number of thiophene rings is 1. The van der Waals surface area contributed by atoms with Crippen LogP contribution >= 0.6 is 34.9 Å². The lowest BCUT2D eigenvalue weighted by Gasteiger charge is -2.39. The lowest BCUT2D eigenvalue weighted by molar-refractivity contribution is -0.123. The van der Waals surface area contributed by atoms with Crippen molar-refractivity contribution in [3.63, 3.8) is 0 Å². The van der Waals surface area contributed by atoms with Gasteiger partial charge < -0.3 is 9.64 Å². The number of nitrogens with one attached hydrogen (secondary N) is 1. The van der Waals surface area contributed by atoms with Gasteiger partial charge in [-0.15, -0.1) is 11.3 Å². The average molecular weight is 421 g/mol. The second-order valence-corrected chi connectivity index (χ2v) is 8.90. The van der Waals surface area contributed by atoms with Gasteiger partial charge in [-0.2, -0.15) is 5.26 Å². The van der Waals surface area contributed by atoms with E-state index in [1.165, 1.54) is 29.4 Å². The first kappa shape index (κ1) is 18.1. The van der Waals surface area contributed by atoms with Gasteiger partial charge in [-0.1, -0.05) is 11.6 Å². The van der Waals surface area contributed by atoms with Crippen molar-refractivity contribution in [3.8, 4) is 6.07 Å². The molecule has 1 saturated heterocycles. The molecule has 0 aromatic carbocycles. The molecule has 2 aromatic rings. The van der Waals surface area contributed by atoms with Gasteiger partial charge in [-0.05, 0) is 30.1 Å². The number of halogens is 1. The fourth-order valence-electron chi connectivity index (χ4n) is 2.90. The molecule has 0 bridgehead atoms. The quantitative estimate of drug-likeness (QED) is 0.600. The van der Waals surface area contributed by atoms with E-state index in [9.17, 15) is 14.9 Å². The van der Waals surface area contributed by atoms with Crippen LogP contribution < -0.4 is 9.62 Å². The molecule has 1 fully saturated rings. The molecule has 1 N–H and O–H groups in total. The number of rotatable bonds is 4. The summed E-state index contributed by atoms with van der Waals surface area (Å²) in [5.41, 5.74) is 1.30. The zero-order valence-corrected chi connectivity index (χ0v) is 16.3. The van der Waals surface area contributed by atoms with Crippen molar-refractivity contribution in [1.29, 1.82) is 5.26 Å². The minimum Gasteiger partial charge on any atom is -0.462 e. The third-order valence-electron chi connectivity index (χ3n) is 4.35. The summed E-state index contributed by atoms with van der Waals surface area (Å²) in [7, 11) is 0. The van der Waals surface area contributed by atoms with Crippen molar-refractivity contribution >= 4 is 52.6 Å². The van der Waals surface area contributed by atoms with Crippen molar-refractivity contribution in [3.05, 3.63) is 39.4 Å². The van der Waals surface area contributed by atoms with Crippen LogP contribution in [0.1, 0.15) is 21.6 Å². The predicted octanol–water partition coefficient (Wildman–Crippen LogP) is 2.64. The van der Waals surface area contributed by atoms with Crippen molar-refractivity contribution in [2.24, 2.45) is 5.92 Å². The molecular formula is C17H13ClN4O3S2. The van der Waals surface area contributed by atoms with Crippen LogP contribution in [0.2, 0.25) is 4.34 Å². The summed E-state index contributed by atoms with van der Waals surface area (Å²) in [6.45, 7) is 1.24. The number of nitriles is 1. The molecule has 138 valence electrons. The fraction of sp³-hybridized carbons (Fsp3) is 0.294. The van der Waals surface area contributed by atoms with Gasteiger partial charge in [0, 0.05) is 19.5 Å². The topological polar surface area (TPSA) is 95.3 Å². The third kappa shape index (κ3) is 3.60. The second kappa shape index (κ2) is 7.38. The molecule has 10 heteroatoms. The molecule has 2 aliphatic rings. The Morgan fingerprint density at radius 2 is 2.30 bits per heavy atom. The number of hydrogen-bond acceptors (Lipinski definition) is 8. The SMILES string of the molecule is N#Cc1cc2c(nc1N1CC(C(=O)NSc3ccc(Cl)s3)C1)CCOC2=O. The Kier molecular flexibility index (Phi) is 4.95. The first-order chi connectivity index (χ1) is 13.0. The number of nitrogens with zero attached hydrogens (tertiary/aromatic N) is 3. The Morgan fingerprint density at radius 3 is 3.00 bits per heavy atom. The molecular weight excluding hydrogens is 408 g/mol. The summed E-state index contributed by atoms with van der Waals surface area (Å²) in [5, 5.41) is 9.40. The number of esters is 1. The summed E-state index contributed by atoms with van der Waals surface area (Å²) in [6.07, 6.45) is 0.525. The lowest BCUT2D eigenvalue weighted by atomic mass is 9.98. The van der Waals surface area contributed by atoms with Crippen molar-refractivity contribution in [1.82, 2.24) is 9.71 Å². The number of carbonyl (C=O) groups excluding carboxylic acids is 2. The van der Waals surface area contributed by atoms with Crippen LogP contribution in [0.15, 0.2) is 22.4 Å². The van der Waals surface area contributed by atoms with Gasteiger partial charge in [-0.25, -0.2) is 9.78 Å². The van der Waals surface area contributed by atoms with Gasteiger partial charge in [0.05, 0.1) is 37.9 Å². The van der Waals surface area contributed by atoms with Crippen LogP contribution in [0.4, 0.5) is 5.82 Å². The van der Waals surface area contributed by atoms with Crippen LogP contribution in [0.25, 0.3) is 0 Å². The van der Waals surface area contributed by atoms with Crippen LogP contribution in [-0.4, -0.2) is 36.6 Å². The van der Waals surface area contributed by atoms with E-state index in [2.05, 4.69) is 15.8 Å². The molecule has 0 atom stereocenters. The van der Waals surface area contributed by atoms with E-state index in [0.717, 1.165) is 4.21 Å². The number of aromatic nitrogens is 1. The number of carbonyl (C=O) groups is 2. The maximum Gasteiger partial charge on any atom is 0.340 e. The molecule has 2 aliphatic heterocycles. The minimum atomic E-state index is -0.446. The van der Waals surface area contributed by atoms with Gasteiger partial charge in [0.1, 0.15) is 11.9 Å². The summed E-state index contributed by atoms with van der Waals surface area (Å²) in [6, 6.07) is 7.25. The van der Waals surface area contributed by atoms with E-state index in [4.69, 9.17) is 16.3 Å². The Balaban J connectivity index is 1.41. The van der Waals surface area contributed by atoms with Gasteiger partial charge in [0.2, 0.25) is 5.91 Å². The highest BCUT2D eigenvalue weighted by molar-refractivity contribution is 7.99. The molecule has 2 aromatic heterocycles. The van der Waals surface area contributed by atoms with Crippen LogP contribution in [0, 0.1) is 17.2 Å². The standard InChI is InChI=1S/C17H13ClN4O3S2/c18-13-1-2-14(26-13)27-21-16(23)10-7-22(8-10)15-9(6-19)5-11-12(20-15)3-4-25-17(11)24/h1-2,5,10H,3-4,7-8H2,(H,21,23). The molecule has 27 heavy (non-hydrogen) atoms. The van der Waals surface area contributed by atoms with Crippen LogP contribution in [0.5, 0.6) is 0 Å². The molecule has 0 unspecified atom stereocenters. The van der Waals surface area contributed by atoms with Crippen molar-refractivity contribution in [2.45, 2.75) is 10.6 Å². The van der Waals surface area contributed by atoms with Gasteiger partial charge in [-0.3, -0.25) is 9.52 Å². The number of cyclic esters (lactones) is 1. The second-order valence-electron chi connectivity index (χ2n) is 6.08. The molecule has 0 saturated carbocycles. The highest BCUT2D eigenvalue weighted by Gasteiger charge is 2.36. The predicted molar refractivity (Wildman–Crippen MR) is 102 cm³/mol. The molecule has 0 aliphatic carbocycles. The van der Waals surface area contributed by atoms with E-state index in [0.29, 0.717) is 53.1 Å². The van der Waals surface area contributed by atoms with E-state index in [1.54, 1.807) is 6.07 Å². The number of amides is 1. The van der Waals surface area contributed by atoms with Gasteiger partial charge in [0.25, 0.3) is 0 Å². The number of ether oxygens (including phenoxy) is 1. The minimum absolute atomic E-state index is 0.0687. The average Bonchev–Trinajstić information content (AvgIpc) is 3.04. The Hall–Kier alpha value is -2.28. The number of anilines is 1. The molecule has 7 nitrogen and oxygen atoms in total.